The number of aliphatic carboxylic acids is 1. The minimum absolute atomic E-state index is 0.130. The van der Waals surface area contributed by atoms with Crippen molar-refractivity contribution in [3.8, 4) is 0 Å². The van der Waals surface area contributed by atoms with Crippen LogP contribution in [0.1, 0.15) is 20.3 Å². The summed E-state index contributed by atoms with van der Waals surface area (Å²) in [7, 11) is 0. The first-order valence-electron chi connectivity index (χ1n) is 5.25. The van der Waals surface area contributed by atoms with Crippen molar-refractivity contribution in [3.63, 3.8) is 0 Å². The van der Waals surface area contributed by atoms with Gasteiger partial charge in [-0.3, -0.25) is 4.79 Å². The summed E-state index contributed by atoms with van der Waals surface area (Å²) in [4.78, 5) is 22.2. The Hall–Kier alpha value is -2.04. The maximum absolute atomic E-state index is 11.6. The third-order valence-electron chi connectivity index (χ3n) is 2.08. The van der Waals surface area contributed by atoms with Gasteiger partial charge in [-0.15, -0.1) is 0 Å². The third-order valence-corrected chi connectivity index (χ3v) is 2.08. The molecular weight excluding hydrogens is 220 g/mol. The number of anilines is 1. The van der Waals surface area contributed by atoms with E-state index in [0.717, 1.165) is 0 Å². The number of benzene rings is 1. The van der Waals surface area contributed by atoms with Crippen LogP contribution in [-0.4, -0.2) is 22.6 Å². The zero-order valence-corrected chi connectivity index (χ0v) is 9.86. The number of amides is 2. The number of carboxylic acid groups (broad SMARTS) is 1. The van der Waals surface area contributed by atoms with Gasteiger partial charge in [0, 0.05) is 11.2 Å². The highest BCUT2D eigenvalue weighted by molar-refractivity contribution is 5.90. The number of rotatable bonds is 4. The fraction of sp³-hybridized carbons (Fsp3) is 0.333. The Morgan fingerprint density at radius 2 is 1.82 bits per heavy atom. The van der Waals surface area contributed by atoms with Crippen molar-refractivity contribution >= 4 is 17.7 Å². The van der Waals surface area contributed by atoms with Gasteiger partial charge >= 0.3 is 12.0 Å². The Bertz CT molecular complexity index is 401. The van der Waals surface area contributed by atoms with E-state index in [0.29, 0.717) is 5.69 Å². The first kappa shape index (κ1) is 13.0. The van der Waals surface area contributed by atoms with Crippen molar-refractivity contribution in [2.75, 3.05) is 5.32 Å². The predicted molar refractivity (Wildman–Crippen MR) is 64.9 cm³/mol. The van der Waals surface area contributed by atoms with E-state index in [2.05, 4.69) is 10.6 Å². The summed E-state index contributed by atoms with van der Waals surface area (Å²) in [5.74, 6) is -0.949. The van der Waals surface area contributed by atoms with Crippen molar-refractivity contribution in [1.29, 1.82) is 0 Å². The molecule has 0 unspecified atom stereocenters. The van der Waals surface area contributed by atoms with Gasteiger partial charge in [0.05, 0.1) is 6.42 Å². The van der Waals surface area contributed by atoms with Crippen molar-refractivity contribution in [3.05, 3.63) is 30.3 Å². The zero-order valence-electron chi connectivity index (χ0n) is 9.86. The van der Waals surface area contributed by atoms with Crippen molar-refractivity contribution in [2.24, 2.45) is 0 Å². The molecule has 17 heavy (non-hydrogen) atoms. The van der Waals surface area contributed by atoms with Crippen LogP contribution in [0.2, 0.25) is 0 Å². The van der Waals surface area contributed by atoms with Crippen molar-refractivity contribution in [2.45, 2.75) is 25.8 Å². The zero-order chi connectivity index (χ0) is 12.9. The van der Waals surface area contributed by atoms with Gasteiger partial charge in [0.2, 0.25) is 0 Å². The van der Waals surface area contributed by atoms with Crippen LogP contribution in [0.4, 0.5) is 10.5 Å². The standard InChI is InChI=1S/C12H16N2O3/c1-12(2,8-10(15)16)14-11(17)13-9-6-4-3-5-7-9/h3-7H,8H2,1-2H3,(H,15,16)(H2,13,14,17). The number of hydrogen-bond donors (Lipinski definition) is 3. The maximum atomic E-state index is 11.6. The minimum Gasteiger partial charge on any atom is -0.481 e. The SMILES string of the molecule is CC(C)(CC(=O)O)NC(=O)Nc1ccccc1. The van der Waals surface area contributed by atoms with Crippen molar-refractivity contribution < 1.29 is 14.7 Å². The quantitative estimate of drug-likeness (QED) is 0.748. The van der Waals surface area contributed by atoms with E-state index in [1.165, 1.54) is 0 Å². The van der Waals surface area contributed by atoms with Crippen LogP contribution in [0.25, 0.3) is 0 Å². The Labute approximate surface area is 99.8 Å². The fourth-order valence-corrected chi connectivity index (χ4v) is 1.41. The van der Waals surface area contributed by atoms with Gasteiger partial charge in [-0.1, -0.05) is 18.2 Å². The second kappa shape index (κ2) is 5.34. The molecule has 0 bridgehead atoms. The lowest BCUT2D eigenvalue weighted by molar-refractivity contribution is -0.138. The summed E-state index contributed by atoms with van der Waals surface area (Å²) in [5, 5.41) is 13.9. The van der Waals surface area contributed by atoms with Gasteiger partial charge in [-0.2, -0.15) is 0 Å². The van der Waals surface area contributed by atoms with Crippen LogP contribution in [-0.2, 0) is 4.79 Å². The van der Waals surface area contributed by atoms with Crippen LogP contribution in [0.15, 0.2) is 30.3 Å². The second-order valence-electron chi connectivity index (χ2n) is 4.40. The maximum Gasteiger partial charge on any atom is 0.319 e. The van der Waals surface area contributed by atoms with Crippen molar-refractivity contribution in [1.82, 2.24) is 5.32 Å². The molecule has 0 aromatic heterocycles. The lowest BCUT2D eigenvalue weighted by Crippen LogP contribution is -2.46. The van der Waals surface area contributed by atoms with Crippen LogP contribution < -0.4 is 10.6 Å². The average Bonchev–Trinajstić information content (AvgIpc) is 2.15. The average molecular weight is 236 g/mol. The molecule has 0 aliphatic heterocycles. The lowest BCUT2D eigenvalue weighted by atomic mass is 10.0. The van der Waals surface area contributed by atoms with Gasteiger partial charge in [0.15, 0.2) is 0 Å². The number of carboxylic acids is 1. The molecule has 5 heteroatoms. The highest BCUT2D eigenvalue weighted by Gasteiger charge is 2.23. The highest BCUT2D eigenvalue weighted by atomic mass is 16.4. The summed E-state index contributed by atoms with van der Waals surface area (Å²) >= 11 is 0. The summed E-state index contributed by atoms with van der Waals surface area (Å²) in [5.41, 5.74) is -0.124. The van der Waals surface area contributed by atoms with E-state index in [-0.39, 0.29) is 6.42 Å². The Morgan fingerprint density at radius 1 is 1.24 bits per heavy atom. The third kappa shape index (κ3) is 5.01. The number of carbonyl (C=O) groups is 2. The van der Waals surface area contributed by atoms with Crippen LogP contribution >= 0.6 is 0 Å². The van der Waals surface area contributed by atoms with E-state index in [4.69, 9.17) is 5.11 Å². The van der Waals surface area contributed by atoms with Gasteiger partial charge in [0.25, 0.3) is 0 Å². The number of nitrogens with one attached hydrogen (secondary N) is 2. The topological polar surface area (TPSA) is 78.4 Å². The monoisotopic (exact) mass is 236 g/mol. The number of hydrogen-bond acceptors (Lipinski definition) is 2. The van der Waals surface area contributed by atoms with E-state index in [1.54, 1.807) is 38.1 Å². The van der Waals surface area contributed by atoms with Gasteiger partial charge < -0.3 is 15.7 Å². The molecule has 2 amide bonds. The lowest BCUT2D eigenvalue weighted by Gasteiger charge is -2.24. The van der Waals surface area contributed by atoms with Gasteiger partial charge in [-0.05, 0) is 26.0 Å². The Kier molecular flexibility index (Phi) is 4.09. The molecule has 0 spiro atoms. The highest BCUT2D eigenvalue weighted by Crippen LogP contribution is 2.09. The summed E-state index contributed by atoms with van der Waals surface area (Å²) in [6.07, 6.45) is -0.130. The molecule has 1 aromatic carbocycles. The van der Waals surface area contributed by atoms with Gasteiger partial charge in [0.1, 0.15) is 0 Å². The number of carbonyl (C=O) groups excluding carboxylic acids is 1. The van der Waals surface area contributed by atoms with E-state index < -0.39 is 17.5 Å². The normalized spacial score (nSPS) is 10.7. The van der Waals surface area contributed by atoms with Crippen LogP contribution in [0, 0.1) is 0 Å². The molecule has 0 fully saturated rings. The van der Waals surface area contributed by atoms with Crippen LogP contribution in [0.3, 0.4) is 0 Å². The predicted octanol–water partition coefficient (Wildman–Crippen LogP) is 2.06. The molecule has 1 rings (SSSR count). The molecule has 0 saturated heterocycles. The molecule has 0 aliphatic rings. The molecule has 0 atom stereocenters. The number of para-hydroxylation sites is 1. The molecule has 92 valence electrons. The fourth-order valence-electron chi connectivity index (χ4n) is 1.41. The molecule has 0 heterocycles. The molecule has 3 N–H and O–H groups in total. The Morgan fingerprint density at radius 3 is 2.35 bits per heavy atom. The molecule has 5 nitrogen and oxygen atoms in total. The molecule has 0 aliphatic carbocycles. The smallest absolute Gasteiger partial charge is 0.319 e. The molecular formula is C12H16N2O3. The van der Waals surface area contributed by atoms with Gasteiger partial charge in [-0.25, -0.2) is 4.79 Å². The summed E-state index contributed by atoms with van der Waals surface area (Å²) in [6, 6.07) is 8.54. The van der Waals surface area contributed by atoms with E-state index in [9.17, 15) is 9.59 Å². The summed E-state index contributed by atoms with van der Waals surface area (Å²) in [6.45, 7) is 3.32. The largest absolute Gasteiger partial charge is 0.481 e. The molecule has 0 radical (unpaired) electrons. The first-order valence-corrected chi connectivity index (χ1v) is 5.25. The van der Waals surface area contributed by atoms with Crippen LogP contribution in [0.5, 0.6) is 0 Å². The number of urea groups is 1. The summed E-state index contributed by atoms with van der Waals surface area (Å²) < 4.78 is 0. The van der Waals surface area contributed by atoms with E-state index in [1.807, 2.05) is 6.07 Å². The first-order chi connectivity index (χ1) is 7.89. The second-order valence-corrected chi connectivity index (χ2v) is 4.40. The molecule has 1 aromatic rings. The minimum atomic E-state index is -0.949. The Balaban J connectivity index is 2.52. The van der Waals surface area contributed by atoms with E-state index >= 15 is 0 Å². The molecule has 0 saturated carbocycles.